The van der Waals surface area contributed by atoms with Crippen molar-refractivity contribution >= 4 is 40.1 Å². The van der Waals surface area contributed by atoms with Crippen LogP contribution in [0.2, 0.25) is 0 Å². The van der Waals surface area contributed by atoms with Crippen molar-refractivity contribution in [2.24, 2.45) is 5.92 Å². The molecular weight excluding hydrogens is 548 g/mol. The van der Waals surface area contributed by atoms with Gasteiger partial charge in [0.2, 0.25) is 11.8 Å². The quantitative estimate of drug-likeness (QED) is 0.239. The number of hydrogen-bond donors (Lipinski definition) is 1. The molecule has 2 aromatic heterocycles. The Kier molecular flexibility index (Phi) is 8.10. The Labute approximate surface area is 248 Å². The zero-order chi connectivity index (χ0) is 29.1. The van der Waals surface area contributed by atoms with Crippen LogP contribution in [0.3, 0.4) is 0 Å². The van der Waals surface area contributed by atoms with Gasteiger partial charge in [-0.25, -0.2) is 9.97 Å². The molecule has 1 saturated heterocycles. The molecule has 0 bridgehead atoms. The van der Waals surface area contributed by atoms with Crippen molar-refractivity contribution in [1.82, 2.24) is 9.97 Å². The van der Waals surface area contributed by atoms with Crippen molar-refractivity contribution in [2.75, 3.05) is 16.3 Å². The third-order valence-electron chi connectivity index (χ3n) is 7.80. The van der Waals surface area contributed by atoms with E-state index in [-0.39, 0.29) is 24.3 Å². The van der Waals surface area contributed by atoms with Gasteiger partial charge in [0, 0.05) is 41.7 Å². The second kappa shape index (κ2) is 12.2. The van der Waals surface area contributed by atoms with Crippen molar-refractivity contribution in [3.05, 3.63) is 83.9 Å². The number of carboxylic acid groups (broad SMARTS) is 1. The Morgan fingerprint density at radius 1 is 1.00 bits per heavy atom. The number of anilines is 2. The van der Waals surface area contributed by atoms with Gasteiger partial charge in [0.05, 0.1) is 18.0 Å². The van der Waals surface area contributed by atoms with Crippen molar-refractivity contribution in [3.8, 4) is 22.4 Å². The first-order valence-electron chi connectivity index (χ1n) is 14.4. The van der Waals surface area contributed by atoms with Crippen molar-refractivity contribution in [1.29, 1.82) is 0 Å². The molecule has 1 aliphatic heterocycles. The fraction of sp³-hybridized carbons (Fsp3) is 0.303. The molecule has 1 unspecified atom stereocenters. The topological polar surface area (TPSA) is 104 Å². The number of thiazole rings is 1. The molecule has 1 aliphatic carbocycles. The molecule has 2 fully saturated rings. The zero-order valence-corrected chi connectivity index (χ0v) is 24.0. The summed E-state index contributed by atoms with van der Waals surface area (Å²) in [5.41, 5.74) is 4.46. The number of carbonyl (C=O) groups excluding carboxylic acids is 2. The number of aliphatic carboxylic acids is 1. The smallest absolute Gasteiger partial charge is 0.304 e. The van der Waals surface area contributed by atoms with E-state index in [0.29, 0.717) is 30.3 Å². The van der Waals surface area contributed by atoms with E-state index >= 15 is 0 Å². The summed E-state index contributed by atoms with van der Waals surface area (Å²) in [6.45, 7) is 0.693. The summed E-state index contributed by atoms with van der Waals surface area (Å²) in [7, 11) is 0. The van der Waals surface area contributed by atoms with E-state index in [4.69, 9.17) is 4.98 Å². The molecular formula is C33H32N4O4S. The maximum absolute atomic E-state index is 13.9. The van der Waals surface area contributed by atoms with Crippen LogP contribution in [0.1, 0.15) is 44.1 Å². The molecule has 6 rings (SSSR count). The fourth-order valence-corrected chi connectivity index (χ4v) is 6.43. The lowest BCUT2D eigenvalue weighted by atomic mass is 9.94. The predicted octanol–water partition coefficient (Wildman–Crippen LogP) is 6.22. The summed E-state index contributed by atoms with van der Waals surface area (Å²) in [6.07, 6.45) is 6.14. The first-order chi connectivity index (χ1) is 20.5. The minimum atomic E-state index is -0.988. The van der Waals surface area contributed by atoms with Gasteiger partial charge >= 0.3 is 5.97 Å². The monoisotopic (exact) mass is 580 g/mol. The van der Waals surface area contributed by atoms with Crippen molar-refractivity contribution in [2.45, 2.75) is 51.0 Å². The maximum atomic E-state index is 13.9. The molecule has 214 valence electrons. The molecule has 0 radical (unpaired) electrons. The minimum absolute atomic E-state index is 0.0352. The van der Waals surface area contributed by atoms with Crippen LogP contribution < -0.4 is 9.80 Å². The van der Waals surface area contributed by atoms with E-state index in [2.05, 4.69) is 4.98 Å². The van der Waals surface area contributed by atoms with E-state index in [0.717, 1.165) is 53.6 Å². The predicted molar refractivity (Wildman–Crippen MR) is 163 cm³/mol. The van der Waals surface area contributed by atoms with Crippen molar-refractivity contribution in [3.63, 3.8) is 0 Å². The third kappa shape index (κ3) is 6.11. The number of benzene rings is 2. The third-order valence-corrected chi connectivity index (χ3v) is 8.64. The van der Waals surface area contributed by atoms with Gasteiger partial charge in [0.15, 0.2) is 5.13 Å². The van der Waals surface area contributed by atoms with Crippen LogP contribution in [0, 0.1) is 5.92 Å². The largest absolute Gasteiger partial charge is 0.481 e. The first kappa shape index (κ1) is 27.8. The van der Waals surface area contributed by atoms with E-state index in [1.165, 1.54) is 11.3 Å². The molecule has 9 heteroatoms. The van der Waals surface area contributed by atoms with E-state index in [1.54, 1.807) is 16.0 Å². The highest BCUT2D eigenvalue weighted by atomic mass is 32.1. The fourth-order valence-electron chi connectivity index (χ4n) is 5.53. The Morgan fingerprint density at radius 2 is 1.76 bits per heavy atom. The zero-order valence-electron chi connectivity index (χ0n) is 23.2. The van der Waals surface area contributed by atoms with Gasteiger partial charge < -0.3 is 5.11 Å². The van der Waals surface area contributed by atoms with Crippen LogP contribution in [0.15, 0.2) is 78.3 Å². The average Bonchev–Trinajstić information content (AvgIpc) is 3.73. The number of pyridine rings is 1. The Bertz CT molecular complexity index is 1580. The number of nitrogens with zero attached hydrogens (tertiary/aromatic N) is 4. The maximum Gasteiger partial charge on any atom is 0.304 e. The van der Waals surface area contributed by atoms with Crippen molar-refractivity contribution < 1.29 is 19.5 Å². The van der Waals surface area contributed by atoms with Crippen LogP contribution >= 0.6 is 11.3 Å². The highest BCUT2D eigenvalue weighted by Crippen LogP contribution is 2.39. The van der Waals surface area contributed by atoms with Gasteiger partial charge in [-0.3, -0.25) is 24.2 Å². The Hall–Kier alpha value is -4.37. The lowest BCUT2D eigenvalue weighted by Gasteiger charge is -2.25. The normalized spacial score (nSPS) is 15.8. The summed E-state index contributed by atoms with van der Waals surface area (Å²) in [5.74, 6) is -1.08. The molecule has 1 atom stereocenters. The van der Waals surface area contributed by atoms with Crippen LogP contribution in [0.5, 0.6) is 0 Å². The van der Waals surface area contributed by atoms with Gasteiger partial charge in [0.1, 0.15) is 5.82 Å². The summed E-state index contributed by atoms with van der Waals surface area (Å²) < 4.78 is 0. The number of carboxylic acids is 1. The SMILES string of the molecule is O=C(O)CC(Cc1ccccc1)C(=O)N(c1nc(-c2ccccc2-c2ccc(N3CCCCC3=O)nc2)cs1)C1CC1. The minimum Gasteiger partial charge on any atom is -0.481 e. The number of aromatic nitrogens is 2. The van der Waals surface area contributed by atoms with Gasteiger partial charge in [-0.15, -0.1) is 11.3 Å². The Morgan fingerprint density at radius 3 is 2.45 bits per heavy atom. The highest BCUT2D eigenvalue weighted by Gasteiger charge is 2.39. The lowest BCUT2D eigenvalue weighted by molar-refractivity contribution is -0.140. The summed E-state index contributed by atoms with van der Waals surface area (Å²) >= 11 is 1.40. The molecule has 4 aromatic rings. The molecule has 2 aromatic carbocycles. The number of piperidine rings is 1. The molecule has 0 spiro atoms. The van der Waals surface area contributed by atoms with Crippen LogP contribution in [-0.4, -0.2) is 45.4 Å². The Balaban J connectivity index is 1.27. The van der Waals surface area contributed by atoms with Gasteiger partial charge in [-0.2, -0.15) is 0 Å². The second-order valence-corrected chi connectivity index (χ2v) is 11.7. The molecule has 3 heterocycles. The molecule has 8 nitrogen and oxygen atoms in total. The van der Waals surface area contributed by atoms with Crippen LogP contribution in [0.4, 0.5) is 10.9 Å². The van der Waals surface area contributed by atoms with Gasteiger partial charge in [-0.05, 0) is 55.4 Å². The summed E-state index contributed by atoms with van der Waals surface area (Å²) in [5, 5.41) is 12.1. The number of amides is 2. The van der Waals surface area contributed by atoms with Gasteiger partial charge in [-0.1, -0.05) is 54.6 Å². The molecule has 2 aliphatic rings. The lowest BCUT2D eigenvalue weighted by Crippen LogP contribution is -2.39. The molecule has 1 N–H and O–H groups in total. The number of carbonyl (C=O) groups is 3. The molecule has 2 amide bonds. The first-order valence-corrected chi connectivity index (χ1v) is 15.3. The average molecular weight is 581 g/mol. The number of hydrogen-bond acceptors (Lipinski definition) is 6. The van der Waals surface area contributed by atoms with Crippen LogP contribution in [0.25, 0.3) is 22.4 Å². The second-order valence-electron chi connectivity index (χ2n) is 10.9. The summed E-state index contributed by atoms with van der Waals surface area (Å²) in [6, 6.07) is 21.4. The van der Waals surface area contributed by atoms with E-state index < -0.39 is 11.9 Å². The van der Waals surface area contributed by atoms with Crippen LogP contribution in [-0.2, 0) is 20.8 Å². The molecule has 42 heavy (non-hydrogen) atoms. The highest BCUT2D eigenvalue weighted by molar-refractivity contribution is 7.14. The molecule has 1 saturated carbocycles. The summed E-state index contributed by atoms with van der Waals surface area (Å²) in [4.78, 5) is 51.0. The van der Waals surface area contributed by atoms with Gasteiger partial charge in [0.25, 0.3) is 0 Å². The van der Waals surface area contributed by atoms with E-state index in [9.17, 15) is 19.5 Å². The number of rotatable bonds is 10. The van der Waals surface area contributed by atoms with E-state index in [1.807, 2.05) is 72.1 Å². The standard InChI is InChI=1S/C33H32N4O4S/c38-30-12-6-7-17-36(30)29-16-13-23(20-34-29)26-10-4-5-11-27(26)28-21-42-33(35-28)37(25-14-15-25)32(41)24(19-31(39)40)18-22-8-2-1-3-9-22/h1-5,8-11,13,16,20-21,24-25H,6-7,12,14-15,17-19H2,(H,39,40).